The molecule has 2 rings (SSSR count). The average Bonchev–Trinajstić information content (AvgIpc) is 2.99. The number of rotatable bonds is 3. The summed E-state index contributed by atoms with van der Waals surface area (Å²) in [7, 11) is 1.51. The molecule has 1 heterocycles. The number of methoxy groups -OCH3 is 1. The zero-order valence-corrected chi connectivity index (χ0v) is 10.8. The summed E-state index contributed by atoms with van der Waals surface area (Å²) in [6.45, 7) is -0.222. The molecule has 1 amide bonds. The molecule has 1 aromatic carbocycles. The second kappa shape index (κ2) is 6.45. The van der Waals surface area contributed by atoms with Crippen LogP contribution in [0.15, 0.2) is 41.0 Å². The minimum absolute atomic E-state index is 0.207. The second-order valence-corrected chi connectivity index (χ2v) is 3.81. The predicted molar refractivity (Wildman–Crippen MR) is 73.6 cm³/mol. The Bertz CT molecular complexity index is 650. The molecule has 0 fully saturated rings. The van der Waals surface area contributed by atoms with Crippen LogP contribution in [0.4, 0.5) is 5.69 Å². The van der Waals surface area contributed by atoms with E-state index in [1.54, 1.807) is 30.3 Å². The molecule has 5 nitrogen and oxygen atoms in total. The number of carbonyl (C=O) groups excluding carboxylic acids is 1. The van der Waals surface area contributed by atoms with Gasteiger partial charge in [-0.2, -0.15) is 0 Å². The third-order valence-corrected chi connectivity index (χ3v) is 2.50. The van der Waals surface area contributed by atoms with Gasteiger partial charge in [0.1, 0.15) is 12.4 Å². The lowest BCUT2D eigenvalue weighted by atomic mass is 10.2. The first-order valence-electron chi connectivity index (χ1n) is 5.87. The van der Waals surface area contributed by atoms with Crippen LogP contribution in [0.3, 0.4) is 0 Å². The highest BCUT2D eigenvalue weighted by atomic mass is 16.5. The number of furan rings is 1. The molecular weight excluding hydrogens is 258 g/mol. The Labute approximate surface area is 116 Å². The minimum atomic E-state index is -0.374. The van der Waals surface area contributed by atoms with Gasteiger partial charge in [-0.1, -0.05) is 11.8 Å². The summed E-state index contributed by atoms with van der Waals surface area (Å²) in [6.07, 6.45) is 1.43. The van der Waals surface area contributed by atoms with Crippen LogP contribution < -0.4 is 10.1 Å². The molecule has 2 aromatic rings. The molecular formula is C15H13NO4. The molecule has 0 saturated carbocycles. The largest absolute Gasteiger partial charge is 0.495 e. The van der Waals surface area contributed by atoms with Gasteiger partial charge in [0, 0.05) is 5.56 Å². The molecule has 0 unspecified atom stereocenters. The normalized spacial score (nSPS) is 9.50. The van der Waals surface area contributed by atoms with Crippen molar-refractivity contribution >= 4 is 11.6 Å². The van der Waals surface area contributed by atoms with Gasteiger partial charge in [-0.15, -0.1) is 0 Å². The summed E-state index contributed by atoms with van der Waals surface area (Å²) < 4.78 is 10.2. The van der Waals surface area contributed by atoms with Crippen LogP contribution in [0.2, 0.25) is 0 Å². The van der Waals surface area contributed by atoms with E-state index in [0.717, 1.165) is 0 Å². The highest BCUT2D eigenvalue weighted by Gasteiger charge is 2.12. The Morgan fingerprint density at radius 1 is 1.45 bits per heavy atom. The summed E-state index contributed by atoms with van der Waals surface area (Å²) in [5.41, 5.74) is 1.15. The van der Waals surface area contributed by atoms with Crippen molar-refractivity contribution in [2.45, 2.75) is 0 Å². The number of carbonyl (C=O) groups is 1. The van der Waals surface area contributed by atoms with Gasteiger partial charge in [-0.25, -0.2) is 0 Å². The molecule has 20 heavy (non-hydrogen) atoms. The van der Waals surface area contributed by atoms with Crippen LogP contribution in [0.5, 0.6) is 5.75 Å². The van der Waals surface area contributed by atoms with E-state index in [1.807, 2.05) is 0 Å². The van der Waals surface area contributed by atoms with E-state index in [-0.39, 0.29) is 18.3 Å². The molecule has 2 N–H and O–H groups in total. The molecule has 0 spiro atoms. The predicted octanol–water partition coefficient (Wildman–Crippen LogP) is 1.88. The Morgan fingerprint density at radius 2 is 2.30 bits per heavy atom. The van der Waals surface area contributed by atoms with Crippen molar-refractivity contribution in [2.75, 3.05) is 19.0 Å². The summed E-state index contributed by atoms with van der Waals surface area (Å²) in [4.78, 5) is 11.9. The number of anilines is 1. The fraction of sp³-hybridized carbons (Fsp3) is 0.133. The Kier molecular flexibility index (Phi) is 4.43. The monoisotopic (exact) mass is 271 g/mol. The molecule has 0 saturated heterocycles. The Hall–Kier alpha value is -2.71. The first-order chi connectivity index (χ1) is 9.74. The van der Waals surface area contributed by atoms with Crippen molar-refractivity contribution in [3.05, 3.63) is 47.9 Å². The lowest BCUT2D eigenvalue weighted by molar-refractivity contribution is 0.0996. The number of aliphatic hydroxyl groups excluding tert-OH is 1. The summed E-state index contributed by atoms with van der Waals surface area (Å²) in [6, 6.07) is 8.30. The fourth-order valence-corrected chi connectivity index (χ4v) is 1.62. The maximum Gasteiger partial charge on any atom is 0.291 e. The van der Waals surface area contributed by atoms with E-state index in [1.165, 1.54) is 13.4 Å². The SMILES string of the molecule is COc1ccc(C#CCO)cc1NC(=O)c1ccco1. The van der Waals surface area contributed by atoms with Crippen LogP contribution in [0.1, 0.15) is 16.1 Å². The van der Waals surface area contributed by atoms with Crippen molar-refractivity contribution in [2.24, 2.45) is 0 Å². The van der Waals surface area contributed by atoms with Gasteiger partial charge in [-0.05, 0) is 30.3 Å². The molecule has 0 aliphatic carbocycles. The van der Waals surface area contributed by atoms with Crippen LogP contribution in [0.25, 0.3) is 0 Å². The van der Waals surface area contributed by atoms with E-state index in [4.69, 9.17) is 14.3 Å². The van der Waals surface area contributed by atoms with Gasteiger partial charge < -0.3 is 19.6 Å². The fourth-order valence-electron chi connectivity index (χ4n) is 1.62. The number of benzene rings is 1. The van der Waals surface area contributed by atoms with Crippen LogP contribution in [0, 0.1) is 11.8 Å². The lowest BCUT2D eigenvalue weighted by Gasteiger charge is -2.09. The standard InChI is InChI=1S/C15H13NO4/c1-19-13-7-6-11(4-2-8-17)10-12(13)16-15(18)14-5-3-9-20-14/h3,5-7,9-10,17H,8H2,1H3,(H,16,18). The van der Waals surface area contributed by atoms with E-state index in [2.05, 4.69) is 17.2 Å². The van der Waals surface area contributed by atoms with Crippen LogP contribution in [-0.2, 0) is 0 Å². The average molecular weight is 271 g/mol. The van der Waals surface area contributed by atoms with Crippen molar-refractivity contribution in [1.29, 1.82) is 0 Å². The second-order valence-electron chi connectivity index (χ2n) is 3.81. The van der Waals surface area contributed by atoms with Gasteiger partial charge >= 0.3 is 0 Å². The minimum Gasteiger partial charge on any atom is -0.495 e. The summed E-state index contributed by atoms with van der Waals surface area (Å²) >= 11 is 0. The molecule has 0 atom stereocenters. The number of nitrogens with one attached hydrogen (secondary N) is 1. The summed E-state index contributed by atoms with van der Waals surface area (Å²) in [5.74, 6) is 5.65. The van der Waals surface area contributed by atoms with Crippen molar-refractivity contribution in [3.8, 4) is 17.6 Å². The lowest BCUT2D eigenvalue weighted by Crippen LogP contribution is -2.11. The molecule has 0 aliphatic heterocycles. The molecule has 5 heteroatoms. The van der Waals surface area contributed by atoms with Crippen molar-refractivity contribution in [3.63, 3.8) is 0 Å². The molecule has 1 aromatic heterocycles. The zero-order valence-electron chi connectivity index (χ0n) is 10.8. The maximum absolute atomic E-state index is 11.9. The third-order valence-electron chi connectivity index (χ3n) is 2.50. The smallest absolute Gasteiger partial charge is 0.291 e. The van der Waals surface area contributed by atoms with Crippen molar-refractivity contribution < 1.29 is 19.1 Å². The van der Waals surface area contributed by atoms with Gasteiger partial charge in [0.2, 0.25) is 0 Å². The first-order valence-corrected chi connectivity index (χ1v) is 5.87. The number of aliphatic hydroxyl groups is 1. The van der Waals surface area contributed by atoms with Crippen LogP contribution >= 0.6 is 0 Å². The summed E-state index contributed by atoms with van der Waals surface area (Å²) in [5, 5.41) is 11.4. The van der Waals surface area contributed by atoms with Gasteiger partial charge in [0.05, 0.1) is 19.1 Å². The quantitative estimate of drug-likeness (QED) is 0.836. The number of hydrogen-bond donors (Lipinski definition) is 2. The Balaban J connectivity index is 2.26. The molecule has 0 aliphatic rings. The van der Waals surface area contributed by atoms with Gasteiger partial charge in [0.25, 0.3) is 5.91 Å². The zero-order chi connectivity index (χ0) is 14.4. The third kappa shape index (κ3) is 3.19. The Morgan fingerprint density at radius 3 is 2.95 bits per heavy atom. The van der Waals surface area contributed by atoms with Gasteiger partial charge in [0.15, 0.2) is 5.76 Å². The number of ether oxygens (including phenoxy) is 1. The number of hydrogen-bond acceptors (Lipinski definition) is 4. The van der Waals surface area contributed by atoms with E-state index >= 15 is 0 Å². The van der Waals surface area contributed by atoms with Gasteiger partial charge in [-0.3, -0.25) is 4.79 Å². The first kappa shape index (κ1) is 13.7. The number of amides is 1. The van der Waals surface area contributed by atoms with E-state index in [0.29, 0.717) is 17.0 Å². The van der Waals surface area contributed by atoms with E-state index < -0.39 is 0 Å². The topological polar surface area (TPSA) is 71.7 Å². The molecule has 102 valence electrons. The van der Waals surface area contributed by atoms with Crippen LogP contribution in [-0.4, -0.2) is 24.7 Å². The highest BCUT2D eigenvalue weighted by molar-refractivity contribution is 6.03. The highest BCUT2D eigenvalue weighted by Crippen LogP contribution is 2.25. The maximum atomic E-state index is 11.9. The molecule has 0 bridgehead atoms. The van der Waals surface area contributed by atoms with Crippen molar-refractivity contribution in [1.82, 2.24) is 0 Å². The molecule has 0 radical (unpaired) electrons. The van der Waals surface area contributed by atoms with E-state index in [9.17, 15) is 4.79 Å².